The molecular weight excluding hydrogens is 333 g/mol. The zero-order chi connectivity index (χ0) is 13.4. The molecule has 0 saturated heterocycles. The molecule has 1 aromatic rings. The van der Waals surface area contributed by atoms with E-state index in [1.807, 2.05) is 6.07 Å². The molecule has 4 heteroatoms. The Bertz CT molecular complexity index is 374. The molecule has 0 saturated carbocycles. The van der Waals surface area contributed by atoms with Crippen molar-refractivity contribution in [2.24, 2.45) is 0 Å². The number of phenols is 1. The Morgan fingerprint density at radius 3 is 2.16 bits per heavy atom. The van der Waals surface area contributed by atoms with Crippen LogP contribution in [0.3, 0.4) is 0 Å². The van der Waals surface area contributed by atoms with Crippen LogP contribution in [-0.2, 0) is 20.4 Å². The Labute approximate surface area is 129 Å². The molecule has 110 valence electrons. The van der Waals surface area contributed by atoms with Gasteiger partial charge in [0.15, 0.2) is 6.29 Å². The van der Waals surface area contributed by atoms with Gasteiger partial charge >= 0.3 is 0 Å². The molecule has 0 heterocycles. The standard InChI is InChI=1S/C15H23NO2.Pd/c1-3-5-9-16(10-6-4-2)14-8-7-13(12-17)15(18)11-14;/h7-8,11-12,18H,3-6,9-10H2,1-2H3;. The molecule has 1 aromatic carbocycles. The van der Waals surface area contributed by atoms with E-state index in [1.54, 1.807) is 12.1 Å². The van der Waals surface area contributed by atoms with E-state index in [2.05, 4.69) is 18.7 Å². The van der Waals surface area contributed by atoms with E-state index >= 15 is 0 Å². The van der Waals surface area contributed by atoms with E-state index in [-0.39, 0.29) is 26.2 Å². The predicted octanol–water partition coefficient (Wildman–Crippen LogP) is 3.61. The minimum absolute atomic E-state index is 0. The molecule has 0 atom stereocenters. The topological polar surface area (TPSA) is 40.5 Å². The second-order valence-corrected chi connectivity index (χ2v) is 4.56. The molecule has 0 amide bonds. The maximum absolute atomic E-state index is 10.7. The van der Waals surface area contributed by atoms with E-state index in [0.29, 0.717) is 11.8 Å². The monoisotopic (exact) mass is 355 g/mol. The number of anilines is 1. The van der Waals surface area contributed by atoms with Gasteiger partial charge in [-0.15, -0.1) is 0 Å². The van der Waals surface area contributed by atoms with Crippen LogP contribution >= 0.6 is 0 Å². The maximum atomic E-state index is 10.7. The molecule has 1 rings (SSSR count). The number of nitrogens with zero attached hydrogens (tertiary/aromatic N) is 1. The van der Waals surface area contributed by atoms with E-state index in [9.17, 15) is 9.90 Å². The molecule has 0 aliphatic carbocycles. The van der Waals surface area contributed by atoms with Crippen molar-refractivity contribution < 1.29 is 30.3 Å². The summed E-state index contributed by atoms with van der Waals surface area (Å²) in [5.41, 5.74) is 1.35. The van der Waals surface area contributed by atoms with Gasteiger partial charge in [0.1, 0.15) is 5.75 Å². The van der Waals surface area contributed by atoms with Gasteiger partial charge in [0.05, 0.1) is 5.56 Å². The first-order chi connectivity index (χ1) is 8.72. The van der Waals surface area contributed by atoms with Gasteiger partial charge < -0.3 is 10.0 Å². The summed E-state index contributed by atoms with van der Waals surface area (Å²) in [7, 11) is 0. The fraction of sp³-hybridized carbons (Fsp3) is 0.533. The van der Waals surface area contributed by atoms with Gasteiger partial charge in [0.2, 0.25) is 0 Å². The number of unbranched alkanes of at least 4 members (excludes halogenated alkanes) is 2. The van der Waals surface area contributed by atoms with Crippen LogP contribution in [0.1, 0.15) is 49.9 Å². The van der Waals surface area contributed by atoms with E-state index in [0.717, 1.165) is 44.5 Å². The van der Waals surface area contributed by atoms with Crippen molar-refractivity contribution in [2.75, 3.05) is 18.0 Å². The Kier molecular flexibility index (Phi) is 9.56. The second-order valence-electron chi connectivity index (χ2n) is 4.56. The third kappa shape index (κ3) is 5.76. The zero-order valence-corrected chi connectivity index (χ0v) is 13.2. The maximum Gasteiger partial charge on any atom is 0.153 e. The second kappa shape index (κ2) is 10.0. The molecule has 0 bridgehead atoms. The van der Waals surface area contributed by atoms with Crippen LogP contribution in [0.4, 0.5) is 5.69 Å². The number of hydrogen-bond donors (Lipinski definition) is 1. The summed E-state index contributed by atoms with van der Waals surface area (Å²) < 4.78 is 0. The van der Waals surface area contributed by atoms with Crippen LogP contribution in [0.15, 0.2) is 18.2 Å². The number of carbonyl (C=O) groups excluding carboxylic acids is 1. The number of phenolic OH excluding ortho intramolecular Hbond substituents is 1. The van der Waals surface area contributed by atoms with Gasteiger partial charge in [-0.3, -0.25) is 4.79 Å². The molecule has 0 radical (unpaired) electrons. The van der Waals surface area contributed by atoms with Crippen LogP contribution in [0.5, 0.6) is 5.75 Å². The number of aldehydes is 1. The summed E-state index contributed by atoms with van der Waals surface area (Å²) in [5.74, 6) is 0.0699. The number of hydrogen-bond acceptors (Lipinski definition) is 3. The Morgan fingerprint density at radius 2 is 1.74 bits per heavy atom. The average Bonchev–Trinajstić information content (AvgIpc) is 2.39. The first kappa shape index (κ1) is 18.2. The van der Waals surface area contributed by atoms with Crippen LogP contribution in [0.2, 0.25) is 0 Å². The molecule has 0 aliphatic rings. The summed E-state index contributed by atoms with van der Waals surface area (Å²) in [5, 5.41) is 9.73. The zero-order valence-electron chi connectivity index (χ0n) is 11.7. The van der Waals surface area contributed by atoms with E-state index < -0.39 is 0 Å². The van der Waals surface area contributed by atoms with Crippen LogP contribution in [0.25, 0.3) is 0 Å². The van der Waals surface area contributed by atoms with Gasteiger partial charge in [-0.1, -0.05) is 26.7 Å². The van der Waals surface area contributed by atoms with Gasteiger partial charge in [-0.2, -0.15) is 0 Å². The minimum atomic E-state index is 0. The van der Waals surface area contributed by atoms with E-state index in [4.69, 9.17) is 0 Å². The predicted molar refractivity (Wildman–Crippen MR) is 75.5 cm³/mol. The number of aromatic hydroxyl groups is 1. The number of rotatable bonds is 8. The summed E-state index contributed by atoms with van der Waals surface area (Å²) in [4.78, 5) is 13.0. The van der Waals surface area contributed by atoms with Crippen molar-refractivity contribution in [1.29, 1.82) is 0 Å². The van der Waals surface area contributed by atoms with Crippen molar-refractivity contribution in [1.82, 2.24) is 0 Å². The molecule has 0 aliphatic heterocycles. The molecular formula is C15H23NO2Pd. The smallest absolute Gasteiger partial charge is 0.153 e. The Morgan fingerprint density at radius 1 is 1.16 bits per heavy atom. The van der Waals surface area contributed by atoms with Crippen molar-refractivity contribution >= 4 is 12.0 Å². The van der Waals surface area contributed by atoms with Crippen LogP contribution in [-0.4, -0.2) is 24.5 Å². The van der Waals surface area contributed by atoms with Crippen molar-refractivity contribution in [2.45, 2.75) is 39.5 Å². The summed E-state index contributed by atoms with van der Waals surface area (Å²) in [6, 6.07) is 5.28. The molecule has 19 heavy (non-hydrogen) atoms. The molecule has 0 unspecified atom stereocenters. The Hall–Kier alpha value is -0.848. The van der Waals surface area contributed by atoms with Crippen molar-refractivity contribution in [3.8, 4) is 5.75 Å². The fourth-order valence-corrected chi connectivity index (χ4v) is 1.90. The molecule has 1 N–H and O–H groups in total. The average molecular weight is 356 g/mol. The first-order valence-corrected chi connectivity index (χ1v) is 6.76. The van der Waals surface area contributed by atoms with Crippen molar-refractivity contribution in [3.05, 3.63) is 23.8 Å². The molecule has 0 aromatic heterocycles. The summed E-state index contributed by atoms with van der Waals surface area (Å²) in [6.07, 6.45) is 5.27. The normalized spacial score (nSPS) is 9.79. The number of benzene rings is 1. The van der Waals surface area contributed by atoms with Crippen molar-refractivity contribution in [3.63, 3.8) is 0 Å². The van der Waals surface area contributed by atoms with Gasteiger partial charge in [-0.25, -0.2) is 0 Å². The van der Waals surface area contributed by atoms with Gasteiger partial charge in [0.25, 0.3) is 0 Å². The Balaban J connectivity index is 0.00000324. The SMILES string of the molecule is CCCCN(CCCC)c1ccc(C=O)c(O)c1.[Pd]. The third-order valence-electron chi connectivity index (χ3n) is 3.07. The van der Waals surface area contributed by atoms with Gasteiger partial charge in [-0.05, 0) is 25.0 Å². The van der Waals surface area contributed by atoms with Crippen LogP contribution in [0, 0.1) is 0 Å². The minimum Gasteiger partial charge on any atom is -0.507 e. The molecule has 0 spiro atoms. The summed E-state index contributed by atoms with van der Waals surface area (Å²) >= 11 is 0. The molecule has 3 nitrogen and oxygen atoms in total. The first-order valence-electron chi connectivity index (χ1n) is 6.76. The quantitative estimate of drug-likeness (QED) is 0.572. The van der Waals surface area contributed by atoms with Gasteiger partial charge in [0, 0.05) is 45.3 Å². The largest absolute Gasteiger partial charge is 0.507 e. The third-order valence-corrected chi connectivity index (χ3v) is 3.07. The van der Waals surface area contributed by atoms with E-state index in [1.165, 1.54) is 0 Å². The van der Waals surface area contributed by atoms with Crippen LogP contribution < -0.4 is 4.90 Å². The fourth-order valence-electron chi connectivity index (χ4n) is 1.90. The summed E-state index contributed by atoms with van der Waals surface area (Å²) in [6.45, 7) is 6.34. The molecule has 0 fully saturated rings. The number of carbonyl (C=O) groups is 1.